The smallest absolute Gasteiger partial charge is 0.138 e. The molecule has 1 aliphatic heterocycles. The molecule has 3 aromatic rings. The Hall–Kier alpha value is -3.31. The van der Waals surface area contributed by atoms with Gasteiger partial charge in [0.25, 0.3) is 0 Å². The van der Waals surface area contributed by atoms with E-state index in [1.165, 1.54) is 25.9 Å². The Kier molecular flexibility index (Phi) is 7.19. The number of anilines is 1. The van der Waals surface area contributed by atoms with Crippen molar-refractivity contribution in [2.45, 2.75) is 12.8 Å². The molecular formula is C26H29N3O2. The lowest BCUT2D eigenvalue weighted by Crippen LogP contribution is -2.25. The largest absolute Gasteiger partial charge is 0.497 e. The lowest BCUT2D eigenvalue weighted by molar-refractivity contribution is 0.238. The van der Waals surface area contributed by atoms with Crippen molar-refractivity contribution in [2.24, 2.45) is 4.99 Å². The van der Waals surface area contributed by atoms with Crippen molar-refractivity contribution in [3.8, 4) is 11.5 Å². The summed E-state index contributed by atoms with van der Waals surface area (Å²) in [5.41, 5.74) is 2.83. The maximum atomic E-state index is 5.91. The first kappa shape index (κ1) is 20.9. The number of amidine groups is 1. The highest BCUT2D eigenvalue weighted by molar-refractivity contribution is 6.09. The Morgan fingerprint density at radius 2 is 1.55 bits per heavy atom. The van der Waals surface area contributed by atoms with Gasteiger partial charge in [-0.15, -0.1) is 0 Å². The Labute approximate surface area is 184 Å². The van der Waals surface area contributed by atoms with Crippen LogP contribution in [0.5, 0.6) is 11.5 Å². The highest BCUT2D eigenvalue weighted by atomic mass is 16.5. The summed E-state index contributed by atoms with van der Waals surface area (Å²) >= 11 is 0. The molecule has 0 aliphatic carbocycles. The van der Waals surface area contributed by atoms with Crippen LogP contribution in [0.25, 0.3) is 0 Å². The molecule has 1 N–H and O–H groups in total. The molecule has 0 atom stereocenters. The molecule has 0 amide bonds. The van der Waals surface area contributed by atoms with Gasteiger partial charge in [0.2, 0.25) is 0 Å². The van der Waals surface area contributed by atoms with Crippen molar-refractivity contribution in [1.29, 1.82) is 0 Å². The lowest BCUT2D eigenvalue weighted by Gasteiger charge is -2.15. The minimum atomic E-state index is 0.719. The van der Waals surface area contributed by atoms with Gasteiger partial charge in [0.1, 0.15) is 23.9 Å². The first-order valence-corrected chi connectivity index (χ1v) is 10.8. The molecule has 0 bridgehead atoms. The summed E-state index contributed by atoms with van der Waals surface area (Å²) in [7, 11) is 1.67. The van der Waals surface area contributed by atoms with Gasteiger partial charge in [0, 0.05) is 17.8 Å². The molecule has 31 heavy (non-hydrogen) atoms. The van der Waals surface area contributed by atoms with E-state index in [1.807, 2.05) is 78.9 Å². The third-order valence-corrected chi connectivity index (χ3v) is 5.35. The van der Waals surface area contributed by atoms with Crippen molar-refractivity contribution >= 4 is 17.2 Å². The van der Waals surface area contributed by atoms with Gasteiger partial charge >= 0.3 is 0 Å². The first-order valence-electron chi connectivity index (χ1n) is 10.8. The second-order valence-electron chi connectivity index (χ2n) is 7.57. The third-order valence-electron chi connectivity index (χ3n) is 5.35. The van der Waals surface area contributed by atoms with Crippen LogP contribution in [-0.2, 0) is 0 Å². The number of rotatable bonds is 8. The summed E-state index contributed by atoms with van der Waals surface area (Å²) < 4.78 is 11.2. The molecule has 5 nitrogen and oxygen atoms in total. The number of ether oxygens (including phenoxy) is 2. The first-order chi connectivity index (χ1) is 15.3. The van der Waals surface area contributed by atoms with E-state index in [1.54, 1.807) is 7.11 Å². The molecule has 5 heteroatoms. The van der Waals surface area contributed by atoms with Crippen LogP contribution in [0.15, 0.2) is 83.9 Å². The number of likely N-dealkylation sites (tertiary alicyclic amines) is 1. The molecule has 4 rings (SSSR count). The fourth-order valence-electron chi connectivity index (χ4n) is 3.62. The minimum absolute atomic E-state index is 0.719. The molecule has 1 aliphatic rings. The van der Waals surface area contributed by atoms with Crippen LogP contribution in [0.1, 0.15) is 18.4 Å². The summed E-state index contributed by atoms with van der Waals surface area (Å²) in [6, 6.07) is 25.9. The fourth-order valence-corrected chi connectivity index (χ4v) is 3.62. The molecule has 0 radical (unpaired) electrons. The van der Waals surface area contributed by atoms with Crippen molar-refractivity contribution in [3.63, 3.8) is 0 Å². The highest BCUT2D eigenvalue weighted by Gasteiger charge is 2.11. The Morgan fingerprint density at radius 3 is 2.23 bits per heavy atom. The monoisotopic (exact) mass is 415 g/mol. The van der Waals surface area contributed by atoms with E-state index in [0.717, 1.165) is 47.4 Å². The number of nitrogens with one attached hydrogen (secondary N) is 1. The second-order valence-corrected chi connectivity index (χ2v) is 7.57. The number of nitrogens with zero attached hydrogens (tertiary/aromatic N) is 2. The van der Waals surface area contributed by atoms with Gasteiger partial charge in [-0.2, -0.15) is 0 Å². The quantitative estimate of drug-likeness (QED) is 0.397. The zero-order valence-corrected chi connectivity index (χ0v) is 18.0. The van der Waals surface area contributed by atoms with Gasteiger partial charge in [-0.25, -0.2) is 4.99 Å². The van der Waals surface area contributed by atoms with E-state index >= 15 is 0 Å². The minimum Gasteiger partial charge on any atom is -0.497 e. The maximum Gasteiger partial charge on any atom is 0.138 e. The van der Waals surface area contributed by atoms with E-state index in [0.29, 0.717) is 0 Å². The fraction of sp³-hybridized carbons (Fsp3) is 0.269. The zero-order chi connectivity index (χ0) is 21.3. The van der Waals surface area contributed by atoms with Crippen LogP contribution in [0.3, 0.4) is 0 Å². The van der Waals surface area contributed by atoms with Gasteiger partial charge in [-0.3, -0.25) is 4.90 Å². The number of hydrogen-bond acceptors (Lipinski definition) is 4. The molecule has 1 heterocycles. The number of aliphatic imine (C=N–C) groups is 1. The standard InChI is InChI=1S/C26H29N3O2/c1-30-24-13-9-22(10-14-24)27-26(21-7-3-2-4-8-21)28-23-11-15-25(16-12-23)31-20-19-29-17-5-6-18-29/h2-4,7-16H,5-6,17-20H2,1H3,(H,27,28). The summed E-state index contributed by atoms with van der Waals surface area (Å²) in [6.07, 6.45) is 2.61. The molecule has 1 fully saturated rings. The van der Waals surface area contributed by atoms with Crippen molar-refractivity contribution in [3.05, 3.63) is 84.4 Å². The van der Waals surface area contributed by atoms with Crippen LogP contribution in [0, 0.1) is 0 Å². The van der Waals surface area contributed by atoms with E-state index in [2.05, 4.69) is 10.2 Å². The van der Waals surface area contributed by atoms with Crippen molar-refractivity contribution in [2.75, 3.05) is 38.7 Å². The molecule has 1 saturated heterocycles. The predicted octanol–water partition coefficient (Wildman–Crippen LogP) is 5.36. The zero-order valence-electron chi connectivity index (χ0n) is 18.0. The summed E-state index contributed by atoms with van der Waals surface area (Å²) in [6.45, 7) is 4.10. The molecular weight excluding hydrogens is 386 g/mol. The van der Waals surface area contributed by atoms with Crippen LogP contribution < -0.4 is 14.8 Å². The van der Waals surface area contributed by atoms with E-state index in [4.69, 9.17) is 14.5 Å². The molecule has 0 saturated carbocycles. The number of hydrogen-bond donors (Lipinski definition) is 1. The SMILES string of the molecule is COc1ccc(NC(=Nc2ccc(OCCN3CCCC3)cc2)c2ccccc2)cc1. The Balaban J connectivity index is 1.45. The predicted molar refractivity (Wildman–Crippen MR) is 127 cm³/mol. The normalized spacial score (nSPS) is 14.4. The topological polar surface area (TPSA) is 46.1 Å². The second kappa shape index (κ2) is 10.6. The molecule has 160 valence electrons. The maximum absolute atomic E-state index is 5.91. The summed E-state index contributed by atoms with van der Waals surface area (Å²) in [4.78, 5) is 7.32. The van der Waals surface area contributed by atoms with Crippen LogP contribution in [0.2, 0.25) is 0 Å². The summed E-state index contributed by atoms with van der Waals surface area (Å²) in [5, 5.41) is 3.43. The average Bonchev–Trinajstić information content (AvgIpc) is 3.34. The van der Waals surface area contributed by atoms with Crippen molar-refractivity contribution in [1.82, 2.24) is 4.90 Å². The van der Waals surface area contributed by atoms with Crippen LogP contribution in [0.4, 0.5) is 11.4 Å². The lowest BCUT2D eigenvalue weighted by atomic mass is 10.2. The molecule has 3 aromatic carbocycles. The Morgan fingerprint density at radius 1 is 0.871 bits per heavy atom. The van der Waals surface area contributed by atoms with Gasteiger partial charge < -0.3 is 14.8 Å². The number of benzene rings is 3. The van der Waals surface area contributed by atoms with Crippen molar-refractivity contribution < 1.29 is 9.47 Å². The van der Waals surface area contributed by atoms with Gasteiger partial charge in [0.05, 0.1) is 12.8 Å². The van der Waals surface area contributed by atoms with Gasteiger partial charge in [0.15, 0.2) is 0 Å². The third kappa shape index (κ3) is 6.09. The molecule has 0 spiro atoms. The van der Waals surface area contributed by atoms with E-state index < -0.39 is 0 Å². The van der Waals surface area contributed by atoms with Crippen LogP contribution in [-0.4, -0.2) is 44.1 Å². The van der Waals surface area contributed by atoms with Crippen LogP contribution >= 0.6 is 0 Å². The van der Waals surface area contributed by atoms with Gasteiger partial charge in [-0.1, -0.05) is 30.3 Å². The number of methoxy groups -OCH3 is 1. The molecule has 0 aromatic heterocycles. The van der Waals surface area contributed by atoms with E-state index in [9.17, 15) is 0 Å². The Bertz CT molecular complexity index is 964. The average molecular weight is 416 g/mol. The highest BCUT2D eigenvalue weighted by Crippen LogP contribution is 2.21. The summed E-state index contributed by atoms with van der Waals surface area (Å²) in [5.74, 6) is 2.49. The van der Waals surface area contributed by atoms with Gasteiger partial charge in [-0.05, 0) is 74.5 Å². The van der Waals surface area contributed by atoms with E-state index in [-0.39, 0.29) is 0 Å². The molecule has 0 unspecified atom stereocenters.